The van der Waals surface area contributed by atoms with Gasteiger partial charge in [-0.2, -0.15) is 13.2 Å². The van der Waals surface area contributed by atoms with E-state index in [2.05, 4.69) is 21.2 Å². The third-order valence-electron chi connectivity index (χ3n) is 2.59. The predicted octanol–water partition coefficient (Wildman–Crippen LogP) is 4.36. The zero-order valence-corrected chi connectivity index (χ0v) is 12.0. The minimum Gasteiger partial charge on any atom is -0.310 e. The normalized spacial score (nSPS) is 15.4. The van der Waals surface area contributed by atoms with E-state index in [1.54, 1.807) is 6.07 Å². The van der Waals surface area contributed by atoms with Crippen molar-refractivity contribution >= 4 is 15.9 Å². The third kappa shape index (κ3) is 5.40. The topological polar surface area (TPSA) is 12.0 Å². The first-order valence-corrected chi connectivity index (χ1v) is 6.74. The van der Waals surface area contributed by atoms with E-state index >= 15 is 0 Å². The molecular weight excluding hydrogens is 307 g/mol. The Hall–Kier alpha value is -0.550. The van der Waals surface area contributed by atoms with Crippen LogP contribution in [0.15, 0.2) is 24.3 Å². The van der Waals surface area contributed by atoms with Gasteiger partial charge >= 0.3 is 6.18 Å². The Kier molecular flexibility index (Phi) is 5.66. The molecule has 0 amide bonds. The molecule has 0 saturated heterocycles. The lowest BCUT2D eigenvalue weighted by Crippen LogP contribution is -2.27. The van der Waals surface area contributed by atoms with Crippen molar-refractivity contribution in [2.75, 3.05) is 0 Å². The van der Waals surface area contributed by atoms with E-state index in [-0.39, 0.29) is 6.04 Å². The molecule has 0 aromatic heterocycles. The smallest absolute Gasteiger partial charge is 0.310 e. The van der Waals surface area contributed by atoms with Crippen molar-refractivity contribution in [1.82, 2.24) is 5.32 Å². The van der Waals surface area contributed by atoms with Crippen LogP contribution < -0.4 is 5.32 Å². The van der Waals surface area contributed by atoms with E-state index in [0.29, 0.717) is 16.9 Å². The maximum absolute atomic E-state index is 12.5. The summed E-state index contributed by atoms with van der Waals surface area (Å²) in [7, 11) is 0. The van der Waals surface area contributed by atoms with Crippen LogP contribution in [-0.2, 0) is 12.7 Å². The molecule has 1 N–H and O–H groups in total. The number of rotatable bonds is 5. The Balaban J connectivity index is 2.58. The molecule has 0 aliphatic rings. The van der Waals surface area contributed by atoms with Gasteiger partial charge in [0.15, 0.2) is 0 Å². The highest BCUT2D eigenvalue weighted by Gasteiger charge is 2.30. The summed E-state index contributed by atoms with van der Waals surface area (Å²) in [5.74, 6) is 0. The fraction of sp³-hybridized carbons (Fsp3) is 0.538. The maximum atomic E-state index is 12.5. The molecular formula is C13H17BrF3N. The average molecular weight is 324 g/mol. The molecule has 1 rings (SSSR count). The molecule has 0 aliphatic carbocycles. The second kappa shape index (κ2) is 6.57. The van der Waals surface area contributed by atoms with Gasteiger partial charge in [0.05, 0.1) is 5.56 Å². The number of alkyl halides is 4. The molecule has 0 aliphatic heterocycles. The summed E-state index contributed by atoms with van der Waals surface area (Å²) in [4.78, 5) is 0.390. The maximum Gasteiger partial charge on any atom is 0.416 e. The summed E-state index contributed by atoms with van der Waals surface area (Å²) in [6.07, 6.45) is -3.34. The molecule has 0 spiro atoms. The summed E-state index contributed by atoms with van der Waals surface area (Å²) in [6, 6.07) is 5.68. The lowest BCUT2D eigenvalue weighted by Gasteiger charge is -2.16. The van der Waals surface area contributed by atoms with Crippen LogP contribution >= 0.6 is 15.9 Å². The molecule has 2 atom stereocenters. The van der Waals surface area contributed by atoms with Crippen LogP contribution in [0.1, 0.15) is 31.4 Å². The Morgan fingerprint density at radius 2 is 1.94 bits per heavy atom. The van der Waals surface area contributed by atoms with Crippen LogP contribution in [0.4, 0.5) is 13.2 Å². The van der Waals surface area contributed by atoms with Gasteiger partial charge in [0.2, 0.25) is 0 Å². The van der Waals surface area contributed by atoms with Crippen molar-refractivity contribution in [3.63, 3.8) is 0 Å². The average Bonchev–Trinajstić information content (AvgIpc) is 2.25. The van der Waals surface area contributed by atoms with Crippen molar-refractivity contribution < 1.29 is 13.2 Å². The molecule has 102 valence electrons. The van der Waals surface area contributed by atoms with Crippen LogP contribution in [0.2, 0.25) is 0 Å². The van der Waals surface area contributed by atoms with Crippen molar-refractivity contribution in [2.24, 2.45) is 0 Å². The number of hydrogen-bond acceptors (Lipinski definition) is 1. The van der Waals surface area contributed by atoms with E-state index in [9.17, 15) is 13.2 Å². The van der Waals surface area contributed by atoms with Gasteiger partial charge in [-0.15, -0.1) is 0 Å². The summed E-state index contributed by atoms with van der Waals surface area (Å²) in [5, 5.41) is 3.21. The number of halogens is 4. The number of hydrogen-bond donors (Lipinski definition) is 1. The van der Waals surface area contributed by atoms with Crippen molar-refractivity contribution in [3.05, 3.63) is 35.4 Å². The number of benzene rings is 1. The monoisotopic (exact) mass is 323 g/mol. The highest BCUT2D eigenvalue weighted by Crippen LogP contribution is 2.29. The second-order valence-electron chi connectivity index (χ2n) is 4.50. The van der Waals surface area contributed by atoms with Gasteiger partial charge in [-0.05, 0) is 25.0 Å². The zero-order chi connectivity index (χ0) is 13.8. The molecule has 18 heavy (non-hydrogen) atoms. The Morgan fingerprint density at radius 1 is 1.28 bits per heavy atom. The molecule has 1 nitrogen and oxygen atoms in total. The SMILES string of the molecule is CC(Br)CC(C)NCc1cccc(C(F)(F)F)c1. The predicted molar refractivity (Wildman–Crippen MR) is 70.8 cm³/mol. The quantitative estimate of drug-likeness (QED) is 0.794. The van der Waals surface area contributed by atoms with Gasteiger partial charge in [-0.3, -0.25) is 0 Å². The molecule has 5 heteroatoms. The summed E-state index contributed by atoms with van der Waals surface area (Å²) in [6.45, 7) is 4.51. The minimum absolute atomic E-state index is 0.258. The highest BCUT2D eigenvalue weighted by molar-refractivity contribution is 9.09. The van der Waals surface area contributed by atoms with Crippen LogP contribution in [0, 0.1) is 0 Å². The first-order chi connectivity index (χ1) is 8.29. The van der Waals surface area contributed by atoms with Crippen molar-refractivity contribution in [1.29, 1.82) is 0 Å². The van der Waals surface area contributed by atoms with Gasteiger partial charge in [-0.1, -0.05) is 41.1 Å². The van der Waals surface area contributed by atoms with Gasteiger partial charge in [0, 0.05) is 17.4 Å². The Morgan fingerprint density at radius 3 is 2.50 bits per heavy atom. The molecule has 0 fully saturated rings. The van der Waals surface area contributed by atoms with Crippen LogP contribution in [-0.4, -0.2) is 10.9 Å². The fourth-order valence-electron chi connectivity index (χ4n) is 1.72. The van der Waals surface area contributed by atoms with E-state index in [1.807, 2.05) is 13.8 Å². The van der Waals surface area contributed by atoms with Crippen LogP contribution in [0.25, 0.3) is 0 Å². The minimum atomic E-state index is -4.27. The standard InChI is InChI=1S/C13H17BrF3N/c1-9(14)6-10(2)18-8-11-4-3-5-12(7-11)13(15,16)17/h3-5,7,9-10,18H,6,8H2,1-2H3. The van der Waals surface area contributed by atoms with E-state index < -0.39 is 11.7 Å². The van der Waals surface area contributed by atoms with Crippen LogP contribution in [0.3, 0.4) is 0 Å². The summed E-state index contributed by atoms with van der Waals surface area (Å²) >= 11 is 3.45. The van der Waals surface area contributed by atoms with Gasteiger partial charge < -0.3 is 5.32 Å². The van der Waals surface area contributed by atoms with E-state index in [0.717, 1.165) is 12.5 Å². The second-order valence-corrected chi connectivity index (χ2v) is 6.06. The fourth-order valence-corrected chi connectivity index (χ4v) is 2.28. The first-order valence-electron chi connectivity index (χ1n) is 5.82. The molecule has 0 heterocycles. The van der Waals surface area contributed by atoms with Gasteiger partial charge in [0.1, 0.15) is 0 Å². The molecule has 0 bridgehead atoms. The zero-order valence-electron chi connectivity index (χ0n) is 10.4. The molecule has 2 unspecified atom stereocenters. The van der Waals surface area contributed by atoms with Crippen LogP contribution in [0.5, 0.6) is 0 Å². The lowest BCUT2D eigenvalue weighted by molar-refractivity contribution is -0.137. The molecule has 0 radical (unpaired) electrons. The molecule has 1 aromatic rings. The van der Waals surface area contributed by atoms with Gasteiger partial charge in [0.25, 0.3) is 0 Å². The van der Waals surface area contributed by atoms with Crippen molar-refractivity contribution in [2.45, 2.75) is 43.9 Å². The van der Waals surface area contributed by atoms with Crippen molar-refractivity contribution in [3.8, 4) is 0 Å². The largest absolute Gasteiger partial charge is 0.416 e. The molecule has 0 saturated carbocycles. The van der Waals surface area contributed by atoms with Gasteiger partial charge in [-0.25, -0.2) is 0 Å². The van der Waals surface area contributed by atoms with E-state index in [1.165, 1.54) is 12.1 Å². The third-order valence-corrected chi connectivity index (χ3v) is 2.96. The summed E-state index contributed by atoms with van der Waals surface area (Å²) < 4.78 is 37.5. The Labute approximate surface area is 114 Å². The number of nitrogens with one attached hydrogen (secondary N) is 1. The first kappa shape index (κ1) is 15.5. The molecule has 1 aromatic carbocycles. The Bertz CT molecular complexity index is 377. The lowest BCUT2D eigenvalue weighted by atomic mass is 10.1. The van der Waals surface area contributed by atoms with E-state index in [4.69, 9.17) is 0 Å². The summed E-state index contributed by atoms with van der Waals surface area (Å²) in [5.41, 5.74) is 0.0576. The highest BCUT2D eigenvalue weighted by atomic mass is 79.9.